The molecule has 2 aromatic carbocycles. The lowest BCUT2D eigenvalue weighted by Crippen LogP contribution is -2.41. The van der Waals surface area contributed by atoms with Gasteiger partial charge in [-0.25, -0.2) is 0 Å². The molecule has 0 radical (unpaired) electrons. The van der Waals surface area contributed by atoms with Gasteiger partial charge in [0.2, 0.25) is 0 Å². The molecule has 1 aromatic heterocycles. The van der Waals surface area contributed by atoms with Gasteiger partial charge in [0.1, 0.15) is 0 Å². The van der Waals surface area contributed by atoms with E-state index in [0.29, 0.717) is 0 Å². The van der Waals surface area contributed by atoms with Crippen LogP contribution in [0, 0.1) is 0 Å². The van der Waals surface area contributed by atoms with Gasteiger partial charge in [0.25, 0.3) is 0 Å². The molecule has 0 aliphatic carbocycles. The number of hydrogen-bond donors (Lipinski definition) is 0. The zero-order valence-corrected chi connectivity index (χ0v) is 22.8. The first-order valence-electron chi connectivity index (χ1n) is 12.3. The van der Waals surface area contributed by atoms with E-state index in [4.69, 9.17) is 18.6 Å². The van der Waals surface area contributed by atoms with Crippen LogP contribution in [0.5, 0.6) is 0 Å². The van der Waals surface area contributed by atoms with E-state index in [1.165, 1.54) is 20.9 Å². The Hall–Kier alpha value is -1.89. The van der Waals surface area contributed by atoms with Crippen LogP contribution in [-0.2, 0) is 18.6 Å². The van der Waals surface area contributed by atoms with E-state index in [0.717, 1.165) is 10.9 Å². The first kappa shape index (κ1) is 24.8. The van der Waals surface area contributed by atoms with Gasteiger partial charge in [0.15, 0.2) is 0 Å². The average Bonchev–Trinajstić information content (AvgIpc) is 3.41. The molecule has 4 nitrogen and oxygen atoms in total. The predicted molar refractivity (Wildman–Crippen MR) is 147 cm³/mol. The summed E-state index contributed by atoms with van der Waals surface area (Å²) in [6.45, 7) is 16.6. The fraction of sp³-hybridized carbons (Fsp3) is 0.429. The number of rotatable bonds is 4. The lowest BCUT2D eigenvalue weighted by Gasteiger charge is -2.32. The molecule has 2 aliphatic heterocycles. The highest BCUT2D eigenvalue weighted by molar-refractivity contribution is 7.18. The van der Waals surface area contributed by atoms with Crippen LogP contribution in [-0.4, -0.2) is 36.6 Å². The summed E-state index contributed by atoms with van der Waals surface area (Å²) in [5.41, 5.74) is 3.12. The summed E-state index contributed by atoms with van der Waals surface area (Å²) in [6.07, 6.45) is 0. The monoisotopic (exact) mass is 488 g/mol. The Bertz CT molecular complexity index is 1090. The Labute approximate surface area is 214 Å². The number of thiophene rings is 1. The lowest BCUT2D eigenvalue weighted by atomic mass is 9.79. The maximum atomic E-state index is 6.19. The SMILES string of the molecule is CC1(C)OB(c2ccc(-c3ccc(-c4ccc(B5OC(C)(C)C(C)(C)O5)cc4)s3)cc2)OC1(C)C. The first-order valence-corrected chi connectivity index (χ1v) is 13.1. The Morgan fingerprint density at radius 1 is 0.457 bits per heavy atom. The second kappa shape index (κ2) is 8.32. The predicted octanol–water partition coefficient (Wildman–Crippen LogP) is 5.68. The smallest absolute Gasteiger partial charge is 0.399 e. The summed E-state index contributed by atoms with van der Waals surface area (Å²) < 4.78 is 24.8. The van der Waals surface area contributed by atoms with Gasteiger partial charge in [-0.05, 0) is 89.6 Å². The van der Waals surface area contributed by atoms with Crippen LogP contribution in [0.4, 0.5) is 0 Å². The minimum Gasteiger partial charge on any atom is -0.399 e. The van der Waals surface area contributed by atoms with E-state index in [1.807, 2.05) is 0 Å². The highest BCUT2D eigenvalue weighted by Gasteiger charge is 2.52. The van der Waals surface area contributed by atoms with Crippen molar-refractivity contribution in [3.05, 3.63) is 60.7 Å². The van der Waals surface area contributed by atoms with Gasteiger partial charge >= 0.3 is 14.2 Å². The van der Waals surface area contributed by atoms with Crippen molar-refractivity contribution in [2.75, 3.05) is 0 Å². The molecule has 35 heavy (non-hydrogen) atoms. The highest BCUT2D eigenvalue weighted by atomic mass is 32.1. The lowest BCUT2D eigenvalue weighted by molar-refractivity contribution is 0.00578. The van der Waals surface area contributed by atoms with Gasteiger partial charge in [-0.3, -0.25) is 0 Å². The molecule has 5 rings (SSSR count). The molecule has 182 valence electrons. The molecule has 2 aliphatic rings. The molecule has 7 heteroatoms. The summed E-state index contributed by atoms with van der Waals surface area (Å²) in [5, 5.41) is 0. The minimum atomic E-state index is -0.338. The van der Waals surface area contributed by atoms with Crippen molar-refractivity contribution in [2.24, 2.45) is 0 Å². The summed E-state index contributed by atoms with van der Waals surface area (Å²) in [4.78, 5) is 2.46. The second-order valence-corrected chi connectivity index (χ2v) is 12.7. The van der Waals surface area contributed by atoms with Crippen LogP contribution in [0.2, 0.25) is 0 Å². The number of hydrogen-bond acceptors (Lipinski definition) is 5. The van der Waals surface area contributed by atoms with Crippen molar-refractivity contribution in [3.8, 4) is 20.9 Å². The maximum Gasteiger partial charge on any atom is 0.494 e. The van der Waals surface area contributed by atoms with Gasteiger partial charge in [-0.15, -0.1) is 11.3 Å². The molecular weight excluding hydrogens is 454 g/mol. The van der Waals surface area contributed by atoms with E-state index in [9.17, 15) is 0 Å². The number of benzene rings is 2. The van der Waals surface area contributed by atoms with E-state index < -0.39 is 0 Å². The van der Waals surface area contributed by atoms with Gasteiger partial charge in [-0.1, -0.05) is 48.5 Å². The normalized spacial score (nSPS) is 22.1. The van der Waals surface area contributed by atoms with Crippen LogP contribution in [0.15, 0.2) is 60.7 Å². The van der Waals surface area contributed by atoms with Gasteiger partial charge in [0.05, 0.1) is 22.4 Å². The zero-order valence-electron chi connectivity index (χ0n) is 22.0. The second-order valence-electron chi connectivity index (χ2n) is 11.6. The molecule has 2 saturated heterocycles. The molecule has 3 heterocycles. The molecule has 0 amide bonds. The molecule has 3 aromatic rings. The van der Waals surface area contributed by atoms with Gasteiger partial charge in [0, 0.05) is 9.75 Å². The van der Waals surface area contributed by atoms with E-state index >= 15 is 0 Å². The quantitative estimate of drug-likeness (QED) is 0.443. The topological polar surface area (TPSA) is 36.9 Å². The molecule has 2 fully saturated rings. The third kappa shape index (κ3) is 4.42. The molecule has 0 N–H and O–H groups in total. The Morgan fingerprint density at radius 2 is 0.743 bits per heavy atom. The zero-order chi connectivity index (χ0) is 25.2. The minimum absolute atomic E-state index is 0.336. The van der Waals surface area contributed by atoms with Crippen LogP contribution < -0.4 is 10.9 Å². The maximum absolute atomic E-state index is 6.19. The van der Waals surface area contributed by atoms with Gasteiger partial charge in [-0.2, -0.15) is 0 Å². The van der Waals surface area contributed by atoms with Crippen LogP contribution in [0.25, 0.3) is 20.9 Å². The summed E-state index contributed by atoms with van der Waals surface area (Å²) in [5.74, 6) is 0. The fourth-order valence-corrected chi connectivity index (χ4v) is 5.23. The third-order valence-electron chi connectivity index (χ3n) is 8.05. The summed E-state index contributed by atoms with van der Waals surface area (Å²) >= 11 is 1.79. The largest absolute Gasteiger partial charge is 0.494 e. The molecule has 0 atom stereocenters. The van der Waals surface area contributed by atoms with Crippen molar-refractivity contribution in [3.63, 3.8) is 0 Å². The van der Waals surface area contributed by atoms with Crippen molar-refractivity contribution < 1.29 is 18.6 Å². The molecule has 0 bridgehead atoms. The average molecular weight is 488 g/mol. The Morgan fingerprint density at radius 3 is 1.03 bits per heavy atom. The molecule has 0 unspecified atom stereocenters. The fourth-order valence-electron chi connectivity index (χ4n) is 4.22. The van der Waals surface area contributed by atoms with Crippen LogP contribution >= 0.6 is 11.3 Å². The van der Waals surface area contributed by atoms with Crippen molar-refractivity contribution in [2.45, 2.75) is 77.8 Å². The standard InChI is InChI=1S/C28H34B2O4S/c1-25(2)26(3,4)32-29(31-25)21-13-9-19(10-14-21)23-17-18-24(35-23)20-11-15-22(16-12-20)30-33-27(5,6)28(7,8)34-30/h9-18H,1-8H3. The van der Waals surface area contributed by atoms with Crippen molar-refractivity contribution in [1.29, 1.82) is 0 Å². The Kier molecular flexibility index (Phi) is 5.89. The van der Waals surface area contributed by atoms with Crippen molar-refractivity contribution in [1.82, 2.24) is 0 Å². The van der Waals surface area contributed by atoms with Gasteiger partial charge < -0.3 is 18.6 Å². The highest BCUT2D eigenvalue weighted by Crippen LogP contribution is 2.38. The summed E-state index contributed by atoms with van der Waals surface area (Å²) in [6, 6.07) is 21.4. The van der Waals surface area contributed by atoms with Crippen LogP contribution in [0.1, 0.15) is 55.4 Å². The van der Waals surface area contributed by atoms with E-state index in [2.05, 4.69) is 116 Å². The van der Waals surface area contributed by atoms with E-state index in [1.54, 1.807) is 11.3 Å². The third-order valence-corrected chi connectivity index (χ3v) is 9.23. The summed E-state index contributed by atoms with van der Waals surface area (Å²) in [7, 11) is -0.675. The molecule has 0 spiro atoms. The van der Waals surface area contributed by atoms with Crippen molar-refractivity contribution >= 4 is 36.5 Å². The van der Waals surface area contributed by atoms with Crippen LogP contribution in [0.3, 0.4) is 0 Å². The Balaban J connectivity index is 1.29. The van der Waals surface area contributed by atoms with E-state index in [-0.39, 0.29) is 36.6 Å². The molecular formula is C28H34B2O4S. The first-order chi connectivity index (χ1) is 16.3. The molecule has 0 saturated carbocycles.